The lowest BCUT2D eigenvalue weighted by Crippen LogP contribution is -2.48. The van der Waals surface area contributed by atoms with Crippen LogP contribution in [0.15, 0.2) is 18.2 Å². The molecule has 1 atom stereocenters. The van der Waals surface area contributed by atoms with Crippen LogP contribution >= 0.6 is 11.6 Å². The first-order valence-electron chi connectivity index (χ1n) is 6.37. The smallest absolute Gasteiger partial charge is 0.415 e. The van der Waals surface area contributed by atoms with Gasteiger partial charge in [0.1, 0.15) is 11.4 Å². The number of fused-ring (bicyclic) bond motifs is 1. The van der Waals surface area contributed by atoms with Crippen LogP contribution in [0.3, 0.4) is 0 Å². The zero-order chi connectivity index (χ0) is 15.8. The van der Waals surface area contributed by atoms with Crippen molar-refractivity contribution in [3.05, 3.63) is 23.2 Å². The third kappa shape index (κ3) is 3.58. The number of carbonyl (C=O) groups is 2. The summed E-state index contributed by atoms with van der Waals surface area (Å²) in [7, 11) is 0. The van der Waals surface area contributed by atoms with E-state index >= 15 is 0 Å². The van der Waals surface area contributed by atoms with Gasteiger partial charge in [-0.05, 0) is 39.0 Å². The number of carbonyl (C=O) groups excluding carboxylic acids is 1. The molecule has 1 heterocycles. The molecule has 0 unspecified atom stereocenters. The van der Waals surface area contributed by atoms with Gasteiger partial charge in [0.15, 0.2) is 0 Å². The number of aliphatic carboxylic acids is 1. The van der Waals surface area contributed by atoms with Crippen molar-refractivity contribution in [2.45, 2.75) is 32.5 Å². The van der Waals surface area contributed by atoms with Gasteiger partial charge >= 0.3 is 12.1 Å². The summed E-state index contributed by atoms with van der Waals surface area (Å²) in [5, 5.41) is 9.54. The molecule has 0 bridgehead atoms. The van der Waals surface area contributed by atoms with Gasteiger partial charge in [-0.1, -0.05) is 11.6 Å². The van der Waals surface area contributed by atoms with Crippen LogP contribution in [0.1, 0.15) is 20.8 Å². The van der Waals surface area contributed by atoms with E-state index in [-0.39, 0.29) is 12.3 Å². The van der Waals surface area contributed by atoms with Crippen LogP contribution < -0.4 is 9.64 Å². The van der Waals surface area contributed by atoms with Gasteiger partial charge in [-0.25, -0.2) is 9.59 Å². The monoisotopic (exact) mass is 313 g/mol. The van der Waals surface area contributed by atoms with Crippen molar-refractivity contribution in [1.29, 1.82) is 0 Å². The topological polar surface area (TPSA) is 76.1 Å². The van der Waals surface area contributed by atoms with Gasteiger partial charge in [-0.15, -0.1) is 0 Å². The second-order valence-electron chi connectivity index (χ2n) is 5.65. The highest BCUT2D eigenvalue weighted by molar-refractivity contribution is 6.31. The highest BCUT2D eigenvalue weighted by atomic mass is 35.5. The average Bonchev–Trinajstić information content (AvgIpc) is 2.35. The lowest BCUT2D eigenvalue weighted by atomic mass is 10.2. The maximum Gasteiger partial charge on any atom is 0.415 e. The molecule has 0 spiro atoms. The number of anilines is 1. The first-order chi connectivity index (χ1) is 9.67. The minimum absolute atomic E-state index is 0.141. The average molecular weight is 314 g/mol. The van der Waals surface area contributed by atoms with Crippen molar-refractivity contribution in [3.8, 4) is 5.75 Å². The Balaban J connectivity index is 2.37. The number of halogens is 1. The van der Waals surface area contributed by atoms with Crippen molar-refractivity contribution in [1.82, 2.24) is 0 Å². The quantitative estimate of drug-likeness (QED) is 0.862. The number of nitrogens with zero attached hydrogens (tertiary/aromatic N) is 1. The fraction of sp³-hybridized carbons (Fsp3) is 0.429. The highest BCUT2D eigenvalue weighted by Gasteiger charge is 2.36. The van der Waals surface area contributed by atoms with E-state index in [4.69, 9.17) is 26.2 Å². The molecule has 6 nitrogen and oxygen atoms in total. The Bertz CT molecular complexity index is 581. The van der Waals surface area contributed by atoms with Crippen LogP contribution in [0.25, 0.3) is 0 Å². The van der Waals surface area contributed by atoms with Gasteiger partial charge in [-0.3, -0.25) is 4.90 Å². The molecule has 21 heavy (non-hydrogen) atoms. The predicted octanol–water partition coefficient (Wildman–Crippen LogP) is 2.93. The van der Waals surface area contributed by atoms with E-state index in [1.54, 1.807) is 32.9 Å². The molecule has 0 radical (unpaired) electrons. The summed E-state index contributed by atoms with van der Waals surface area (Å²) in [5.41, 5.74) is -0.290. The largest absolute Gasteiger partial charge is 0.478 e. The third-order valence-corrected chi connectivity index (χ3v) is 2.95. The summed E-state index contributed by atoms with van der Waals surface area (Å²) >= 11 is 5.93. The van der Waals surface area contributed by atoms with Gasteiger partial charge in [0, 0.05) is 5.02 Å². The lowest BCUT2D eigenvalue weighted by Gasteiger charge is -2.34. The predicted molar refractivity (Wildman–Crippen MR) is 77.1 cm³/mol. The highest BCUT2D eigenvalue weighted by Crippen LogP contribution is 2.36. The van der Waals surface area contributed by atoms with E-state index < -0.39 is 23.8 Å². The van der Waals surface area contributed by atoms with Crippen LogP contribution in [0.4, 0.5) is 10.5 Å². The first kappa shape index (κ1) is 15.4. The molecule has 0 saturated carbocycles. The number of ether oxygens (including phenoxy) is 2. The number of hydrogen-bond acceptors (Lipinski definition) is 4. The number of carboxylic acid groups (broad SMARTS) is 1. The summed E-state index contributed by atoms with van der Waals surface area (Å²) in [6, 6.07) is 4.64. The van der Waals surface area contributed by atoms with Crippen molar-refractivity contribution in [2.24, 2.45) is 0 Å². The normalized spacial score (nSPS) is 17.7. The molecule has 1 aliphatic rings. The van der Waals surface area contributed by atoms with Crippen LogP contribution in [-0.4, -0.2) is 35.4 Å². The van der Waals surface area contributed by atoms with E-state index in [2.05, 4.69) is 0 Å². The maximum absolute atomic E-state index is 12.3. The fourth-order valence-corrected chi connectivity index (χ4v) is 2.04. The Morgan fingerprint density at radius 2 is 2.10 bits per heavy atom. The molecule has 0 fully saturated rings. The summed E-state index contributed by atoms with van der Waals surface area (Å²) in [5.74, 6) is -0.868. The zero-order valence-electron chi connectivity index (χ0n) is 11.9. The van der Waals surface area contributed by atoms with Gasteiger partial charge < -0.3 is 14.6 Å². The Morgan fingerprint density at radius 3 is 2.67 bits per heavy atom. The van der Waals surface area contributed by atoms with E-state index in [0.29, 0.717) is 10.7 Å². The Hall–Kier alpha value is -1.95. The Morgan fingerprint density at radius 1 is 1.43 bits per heavy atom. The molecule has 2 rings (SSSR count). The minimum Gasteiger partial charge on any atom is -0.478 e. The minimum atomic E-state index is -1.15. The third-order valence-electron chi connectivity index (χ3n) is 2.72. The van der Waals surface area contributed by atoms with E-state index in [1.165, 1.54) is 11.0 Å². The SMILES string of the molecule is CC(C)(C)OC(=O)N1C[C@@H](C(=O)O)Oc2ccc(Cl)cc21. The second kappa shape index (κ2) is 5.44. The van der Waals surface area contributed by atoms with Crippen LogP contribution in [0.2, 0.25) is 5.02 Å². The molecule has 1 amide bonds. The number of amides is 1. The molecule has 114 valence electrons. The molecule has 1 aromatic carbocycles. The van der Waals surface area contributed by atoms with E-state index in [0.717, 1.165) is 0 Å². The molecule has 0 aliphatic carbocycles. The van der Waals surface area contributed by atoms with Gasteiger partial charge in [0.05, 0.1) is 12.2 Å². The number of benzene rings is 1. The van der Waals surface area contributed by atoms with E-state index in [9.17, 15) is 9.59 Å². The van der Waals surface area contributed by atoms with E-state index in [1.807, 2.05) is 0 Å². The molecule has 1 aromatic rings. The standard InChI is InChI=1S/C14H16ClNO5/c1-14(2,3)21-13(19)16-7-11(12(17)18)20-10-5-4-8(15)6-9(10)16/h4-6,11H,7H2,1-3H3,(H,17,18)/t11-/m0/s1. The van der Waals surface area contributed by atoms with Crippen LogP contribution in [0.5, 0.6) is 5.75 Å². The van der Waals surface area contributed by atoms with Gasteiger partial charge in [0.2, 0.25) is 6.10 Å². The second-order valence-corrected chi connectivity index (χ2v) is 6.08. The maximum atomic E-state index is 12.3. The Kier molecular flexibility index (Phi) is 4.00. The molecule has 1 N–H and O–H groups in total. The zero-order valence-corrected chi connectivity index (χ0v) is 12.7. The molecular formula is C14H16ClNO5. The molecular weight excluding hydrogens is 298 g/mol. The Labute approximate surface area is 127 Å². The van der Waals surface area contributed by atoms with Crippen LogP contribution in [0, 0.1) is 0 Å². The van der Waals surface area contributed by atoms with Gasteiger partial charge in [0.25, 0.3) is 0 Å². The summed E-state index contributed by atoms with van der Waals surface area (Å²) < 4.78 is 10.6. The van der Waals surface area contributed by atoms with Gasteiger partial charge in [-0.2, -0.15) is 0 Å². The first-order valence-corrected chi connectivity index (χ1v) is 6.75. The molecule has 0 aromatic heterocycles. The fourth-order valence-electron chi connectivity index (χ4n) is 1.87. The number of rotatable bonds is 1. The van der Waals surface area contributed by atoms with Crippen molar-refractivity contribution in [3.63, 3.8) is 0 Å². The summed E-state index contributed by atoms with van der Waals surface area (Å²) in [6.45, 7) is 5.06. The molecule has 7 heteroatoms. The number of hydrogen-bond donors (Lipinski definition) is 1. The summed E-state index contributed by atoms with van der Waals surface area (Å²) in [4.78, 5) is 24.7. The molecule has 1 aliphatic heterocycles. The van der Waals surface area contributed by atoms with Crippen molar-refractivity contribution >= 4 is 29.4 Å². The van der Waals surface area contributed by atoms with Crippen LogP contribution in [-0.2, 0) is 9.53 Å². The van der Waals surface area contributed by atoms with Crippen molar-refractivity contribution in [2.75, 3.05) is 11.4 Å². The molecule has 0 saturated heterocycles. The summed E-state index contributed by atoms with van der Waals surface area (Å²) in [6.07, 6.45) is -1.79. The number of carboxylic acids is 1. The lowest BCUT2D eigenvalue weighted by molar-refractivity contribution is -0.144. The van der Waals surface area contributed by atoms with Crippen molar-refractivity contribution < 1.29 is 24.2 Å².